The Morgan fingerprint density at radius 2 is 2.24 bits per heavy atom. The maximum atomic E-state index is 11.9. The summed E-state index contributed by atoms with van der Waals surface area (Å²) in [6, 6.07) is 7.29. The van der Waals surface area contributed by atoms with Gasteiger partial charge in [-0.05, 0) is 24.6 Å². The molecule has 0 fully saturated rings. The van der Waals surface area contributed by atoms with Crippen LogP contribution in [0, 0.1) is 18.3 Å². The lowest BCUT2D eigenvalue weighted by Crippen LogP contribution is -2.20. The topological polar surface area (TPSA) is 71.1 Å². The zero-order valence-corrected chi connectivity index (χ0v) is 12.6. The summed E-state index contributed by atoms with van der Waals surface area (Å²) in [5.74, 6) is 0. The van der Waals surface area contributed by atoms with Crippen molar-refractivity contribution in [3.63, 3.8) is 0 Å². The third-order valence-electron chi connectivity index (χ3n) is 3.15. The van der Waals surface area contributed by atoms with Crippen molar-refractivity contribution in [3.05, 3.63) is 61.6 Å². The van der Waals surface area contributed by atoms with Crippen molar-refractivity contribution in [2.75, 3.05) is 0 Å². The maximum Gasteiger partial charge on any atom is 0.371 e. The highest BCUT2D eigenvalue weighted by molar-refractivity contribution is 7.15. The number of nitriles is 1. The fraction of sp³-hybridized carbons (Fsp3) is 0.143. The van der Waals surface area contributed by atoms with Gasteiger partial charge in [0.05, 0.1) is 17.3 Å². The van der Waals surface area contributed by atoms with Crippen molar-refractivity contribution < 1.29 is 0 Å². The van der Waals surface area contributed by atoms with Gasteiger partial charge in [0.15, 0.2) is 0 Å². The van der Waals surface area contributed by atoms with Crippen LogP contribution in [-0.2, 0) is 6.42 Å². The smallest absolute Gasteiger partial charge is 0.251 e. The Hall–Kier alpha value is -2.23. The van der Waals surface area contributed by atoms with Gasteiger partial charge in [0.1, 0.15) is 4.83 Å². The molecule has 3 aromatic rings. The minimum absolute atomic E-state index is 0.403. The second-order valence-electron chi connectivity index (χ2n) is 4.53. The second-order valence-corrected chi connectivity index (χ2v) is 5.82. The Kier molecular flexibility index (Phi) is 3.45. The van der Waals surface area contributed by atoms with Crippen molar-refractivity contribution in [1.82, 2.24) is 14.6 Å². The summed E-state index contributed by atoms with van der Waals surface area (Å²) >= 11 is 7.34. The van der Waals surface area contributed by atoms with E-state index in [0.717, 1.165) is 16.1 Å². The summed E-state index contributed by atoms with van der Waals surface area (Å²) in [6.45, 7) is 1.81. The van der Waals surface area contributed by atoms with E-state index in [2.05, 4.69) is 16.3 Å². The minimum atomic E-state index is -0.403. The van der Waals surface area contributed by atoms with E-state index in [-0.39, 0.29) is 0 Å². The third-order valence-corrected chi connectivity index (χ3v) is 4.47. The third kappa shape index (κ3) is 2.42. The van der Waals surface area contributed by atoms with Gasteiger partial charge in [-0.3, -0.25) is 4.40 Å². The molecule has 5 nitrogen and oxygen atoms in total. The van der Waals surface area contributed by atoms with E-state index in [1.807, 2.05) is 12.3 Å². The van der Waals surface area contributed by atoms with Crippen molar-refractivity contribution in [2.45, 2.75) is 13.3 Å². The standard InChI is InChI=1S/C14H9ClN4OS/c1-8-13-19(14(20)18-17-8)12(7-21-13)5-9-2-3-11(15)4-10(9)6-16/h2-4,7H,5H2,1H3. The van der Waals surface area contributed by atoms with Crippen LogP contribution in [0.2, 0.25) is 5.02 Å². The average Bonchev–Trinajstić information content (AvgIpc) is 2.90. The molecular formula is C14H9ClN4OS. The molecule has 0 amide bonds. The molecule has 0 saturated heterocycles. The summed E-state index contributed by atoms with van der Waals surface area (Å²) in [7, 11) is 0. The van der Waals surface area contributed by atoms with Gasteiger partial charge in [-0.2, -0.15) is 5.26 Å². The van der Waals surface area contributed by atoms with Gasteiger partial charge in [0, 0.05) is 22.5 Å². The fourth-order valence-electron chi connectivity index (χ4n) is 2.14. The van der Waals surface area contributed by atoms with Gasteiger partial charge in [-0.25, -0.2) is 4.79 Å². The van der Waals surface area contributed by atoms with Gasteiger partial charge in [0.25, 0.3) is 0 Å². The first-order valence-electron chi connectivity index (χ1n) is 6.11. The molecule has 0 saturated carbocycles. The van der Waals surface area contributed by atoms with E-state index in [9.17, 15) is 10.1 Å². The van der Waals surface area contributed by atoms with Gasteiger partial charge in [-0.1, -0.05) is 22.8 Å². The number of hydrogen-bond donors (Lipinski definition) is 0. The van der Waals surface area contributed by atoms with Crippen LogP contribution in [0.5, 0.6) is 0 Å². The van der Waals surface area contributed by atoms with Crippen molar-refractivity contribution in [2.24, 2.45) is 0 Å². The molecule has 2 heterocycles. The van der Waals surface area contributed by atoms with Crippen LogP contribution >= 0.6 is 22.9 Å². The highest BCUT2D eigenvalue weighted by Crippen LogP contribution is 2.22. The fourth-order valence-corrected chi connectivity index (χ4v) is 3.27. The molecular weight excluding hydrogens is 308 g/mol. The van der Waals surface area contributed by atoms with E-state index in [0.29, 0.717) is 22.7 Å². The van der Waals surface area contributed by atoms with Crippen LogP contribution in [0.4, 0.5) is 0 Å². The molecule has 0 N–H and O–H groups in total. The lowest BCUT2D eigenvalue weighted by atomic mass is 10.0. The number of fused-ring (bicyclic) bond motifs is 1. The molecule has 0 aliphatic rings. The highest BCUT2D eigenvalue weighted by atomic mass is 35.5. The van der Waals surface area contributed by atoms with E-state index < -0.39 is 5.69 Å². The van der Waals surface area contributed by atoms with E-state index in [1.165, 1.54) is 11.3 Å². The molecule has 0 spiro atoms. The van der Waals surface area contributed by atoms with Gasteiger partial charge < -0.3 is 0 Å². The number of aromatic nitrogens is 3. The normalized spacial score (nSPS) is 10.7. The lowest BCUT2D eigenvalue weighted by molar-refractivity contribution is 0.838. The number of thiazole rings is 1. The second kappa shape index (κ2) is 5.28. The molecule has 104 valence electrons. The van der Waals surface area contributed by atoms with Gasteiger partial charge in [0.2, 0.25) is 0 Å². The Bertz CT molecular complexity index is 938. The summed E-state index contributed by atoms with van der Waals surface area (Å²) in [4.78, 5) is 12.7. The van der Waals surface area contributed by atoms with Gasteiger partial charge in [-0.15, -0.1) is 16.4 Å². The SMILES string of the molecule is Cc1nnc(=O)n2c(Cc3ccc(Cl)cc3C#N)csc12. The van der Waals surface area contributed by atoms with E-state index in [1.54, 1.807) is 22.6 Å². The molecule has 3 rings (SSSR count). The first-order valence-corrected chi connectivity index (χ1v) is 7.37. The summed E-state index contributed by atoms with van der Waals surface area (Å²) < 4.78 is 1.54. The Morgan fingerprint density at radius 3 is 3.00 bits per heavy atom. The molecule has 0 aliphatic heterocycles. The van der Waals surface area contributed by atoms with Crippen LogP contribution in [0.25, 0.3) is 4.83 Å². The van der Waals surface area contributed by atoms with Crippen molar-refractivity contribution in [3.8, 4) is 6.07 Å². The van der Waals surface area contributed by atoms with E-state index in [4.69, 9.17) is 11.6 Å². The zero-order chi connectivity index (χ0) is 15.0. The number of rotatable bonds is 2. The quantitative estimate of drug-likeness (QED) is 0.728. The predicted octanol–water partition coefficient (Wildman–Crippen LogP) is 2.58. The van der Waals surface area contributed by atoms with Crippen LogP contribution in [0.3, 0.4) is 0 Å². The number of hydrogen-bond acceptors (Lipinski definition) is 5. The monoisotopic (exact) mass is 316 g/mol. The molecule has 0 unspecified atom stereocenters. The summed E-state index contributed by atoms with van der Waals surface area (Å²) in [5, 5.41) is 19.0. The predicted molar refractivity (Wildman–Crippen MR) is 80.8 cm³/mol. The molecule has 0 atom stereocenters. The Morgan fingerprint density at radius 1 is 1.43 bits per heavy atom. The number of nitrogens with zero attached hydrogens (tertiary/aromatic N) is 4. The molecule has 7 heteroatoms. The Labute approximate surface area is 129 Å². The van der Waals surface area contributed by atoms with Crippen molar-refractivity contribution >= 4 is 27.8 Å². The van der Waals surface area contributed by atoms with Crippen LogP contribution in [0.1, 0.15) is 22.5 Å². The summed E-state index contributed by atoms with van der Waals surface area (Å²) in [5.41, 5.74) is 2.43. The van der Waals surface area contributed by atoms with Gasteiger partial charge >= 0.3 is 5.69 Å². The van der Waals surface area contributed by atoms with Crippen LogP contribution in [0.15, 0.2) is 28.4 Å². The van der Waals surface area contributed by atoms with Crippen LogP contribution in [-0.4, -0.2) is 14.6 Å². The molecule has 0 radical (unpaired) electrons. The minimum Gasteiger partial charge on any atom is -0.251 e. The molecule has 2 aromatic heterocycles. The molecule has 21 heavy (non-hydrogen) atoms. The zero-order valence-electron chi connectivity index (χ0n) is 11.0. The average molecular weight is 317 g/mol. The molecule has 0 aliphatic carbocycles. The lowest BCUT2D eigenvalue weighted by Gasteiger charge is -2.04. The Balaban J connectivity index is 2.14. The summed E-state index contributed by atoms with van der Waals surface area (Å²) in [6.07, 6.45) is 0.463. The molecule has 0 bridgehead atoms. The maximum absolute atomic E-state index is 11.9. The highest BCUT2D eigenvalue weighted by Gasteiger charge is 2.12. The van der Waals surface area contributed by atoms with Crippen LogP contribution < -0.4 is 5.69 Å². The first kappa shape index (κ1) is 13.7. The molecule has 1 aromatic carbocycles. The van der Waals surface area contributed by atoms with E-state index >= 15 is 0 Å². The number of benzene rings is 1. The number of halogens is 1. The number of aryl methyl sites for hydroxylation is 1. The first-order chi connectivity index (χ1) is 10.1. The van der Waals surface area contributed by atoms with Crippen molar-refractivity contribution in [1.29, 1.82) is 5.26 Å². The largest absolute Gasteiger partial charge is 0.371 e.